The third-order valence-electron chi connectivity index (χ3n) is 1.79. The van der Waals surface area contributed by atoms with Crippen molar-refractivity contribution in [1.29, 1.82) is 0 Å². The van der Waals surface area contributed by atoms with Gasteiger partial charge in [0.2, 0.25) is 0 Å². The first-order chi connectivity index (χ1) is 8.09. The van der Waals surface area contributed by atoms with E-state index in [2.05, 4.69) is 38.7 Å². The Morgan fingerprint density at radius 3 is 1.71 bits per heavy atom. The molecule has 1 nitrogen and oxygen atoms in total. The summed E-state index contributed by atoms with van der Waals surface area (Å²) >= 11 is 11.4. The number of unbranched alkanes of at least 4 members (excludes halogenated alkanes) is 2. The van der Waals surface area contributed by atoms with Gasteiger partial charge in [-0.25, -0.2) is 0 Å². The van der Waals surface area contributed by atoms with Crippen molar-refractivity contribution in [2.75, 3.05) is 7.05 Å². The van der Waals surface area contributed by atoms with Gasteiger partial charge in [0.1, 0.15) is 0 Å². The van der Waals surface area contributed by atoms with Crippen molar-refractivity contribution in [2.24, 2.45) is 5.73 Å². The van der Waals surface area contributed by atoms with Crippen LogP contribution in [0, 0.1) is 0 Å². The van der Waals surface area contributed by atoms with E-state index in [0.717, 1.165) is 17.9 Å². The van der Waals surface area contributed by atoms with Gasteiger partial charge in [0.25, 0.3) is 0 Å². The minimum Gasteiger partial charge on any atom is -0.333 e. The number of allylic oxidation sites excluding steroid dienone is 4. The fourth-order valence-electron chi connectivity index (χ4n) is 0.612. The Bertz CT molecular complexity index is 181. The van der Waals surface area contributed by atoms with Gasteiger partial charge >= 0.3 is 0 Å². The van der Waals surface area contributed by atoms with E-state index in [1.165, 1.54) is 26.3 Å². The Balaban J connectivity index is -0.000000275. The Kier molecular flexibility index (Phi) is 27.9. The lowest BCUT2D eigenvalue weighted by Gasteiger charge is -1.92. The highest BCUT2D eigenvalue weighted by Crippen LogP contribution is 2.16. The Hall–Kier alpha value is 0.0200. The first-order valence-electron chi connectivity index (χ1n) is 6.33. The Morgan fingerprint density at radius 1 is 0.941 bits per heavy atom. The highest BCUT2D eigenvalue weighted by atomic mass is 35.5. The quantitative estimate of drug-likeness (QED) is 0.631. The number of halogens is 2. The van der Waals surface area contributed by atoms with Crippen LogP contribution in [-0.4, -0.2) is 7.05 Å². The fraction of sp³-hybridized carbons (Fsp3) is 0.714. The normalized spacial score (nSPS) is 11.1. The van der Waals surface area contributed by atoms with E-state index in [0.29, 0.717) is 5.03 Å². The lowest BCUT2D eigenvalue weighted by molar-refractivity contribution is 0.886. The van der Waals surface area contributed by atoms with Crippen LogP contribution in [0.1, 0.15) is 59.8 Å². The minimum atomic E-state index is 0.688. The molecule has 0 saturated carbocycles. The largest absolute Gasteiger partial charge is 0.333 e. The first kappa shape index (κ1) is 22.2. The third-order valence-corrected chi connectivity index (χ3v) is 2.56. The van der Waals surface area contributed by atoms with Crippen LogP contribution in [0.15, 0.2) is 22.2 Å². The van der Waals surface area contributed by atoms with Gasteiger partial charge in [-0.15, -0.1) is 0 Å². The highest BCUT2D eigenvalue weighted by Gasteiger charge is 1.91. The van der Waals surface area contributed by atoms with Gasteiger partial charge in [0.15, 0.2) is 0 Å². The molecule has 0 aliphatic heterocycles. The van der Waals surface area contributed by atoms with Crippen molar-refractivity contribution in [1.82, 2.24) is 0 Å². The summed E-state index contributed by atoms with van der Waals surface area (Å²) < 4.78 is 0. The summed E-state index contributed by atoms with van der Waals surface area (Å²) in [5, 5.41) is 1.42. The molecule has 0 aromatic rings. The molecule has 17 heavy (non-hydrogen) atoms. The van der Waals surface area contributed by atoms with E-state index >= 15 is 0 Å². The average molecular weight is 282 g/mol. The second-order valence-electron chi connectivity index (χ2n) is 3.40. The molecule has 0 heterocycles. The zero-order valence-corrected chi connectivity index (χ0v) is 13.5. The molecule has 0 spiro atoms. The van der Waals surface area contributed by atoms with Crippen molar-refractivity contribution in [3.05, 3.63) is 22.2 Å². The van der Waals surface area contributed by atoms with Crippen molar-refractivity contribution in [3.8, 4) is 0 Å². The SMILES string of the molecule is CCC/C=C\C/C(Cl)=C(\C)Cl.CCCC.CN. The maximum Gasteiger partial charge on any atom is 0.0360 e. The predicted molar refractivity (Wildman–Crippen MR) is 83.8 cm³/mol. The summed E-state index contributed by atoms with van der Waals surface area (Å²) in [7, 11) is 1.50. The van der Waals surface area contributed by atoms with Gasteiger partial charge in [-0.2, -0.15) is 0 Å². The molecule has 2 N–H and O–H groups in total. The number of rotatable bonds is 5. The lowest BCUT2D eigenvalue weighted by Crippen LogP contribution is -1.71. The molecular formula is C14H29Cl2N. The highest BCUT2D eigenvalue weighted by molar-refractivity contribution is 6.38. The van der Waals surface area contributed by atoms with Crippen LogP contribution >= 0.6 is 23.2 Å². The molecule has 0 atom stereocenters. The maximum absolute atomic E-state index is 5.79. The molecule has 0 aliphatic carbocycles. The molecular weight excluding hydrogens is 253 g/mol. The van der Waals surface area contributed by atoms with Crippen LogP contribution in [0.2, 0.25) is 0 Å². The summed E-state index contributed by atoms with van der Waals surface area (Å²) in [5.41, 5.74) is 4.50. The monoisotopic (exact) mass is 281 g/mol. The van der Waals surface area contributed by atoms with Crippen LogP contribution < -0.4 is 5.73 Å². The molecule has 0 radical (unpaired) electrons. The second-order valence-corrected chi connectivity index (χ2v) is 4.43. The van der Waals surface area contributed by atoms with E-state index < -0.39 is 0 Å². The van der Waals surface area contributed by atoms with Gasteiger partial charge in [-0.1, -0.05) is 75.4 Å². The van der Waals surface area contributed by atoms with Crippen LogP contribution in [0.4, 0.5) is 0 Å². The third kappa shape index (κ3) is 25.9. The first-order valence-corrected chi connectivity index (χ1v) is 7.09. The van der Waals surface area contributed by atoms with Gasteiger partial charge in [-0.05, 0) is 20.4 Å². The smallest absolute Gasteiger partial charge is 0.0360 e. The molecule has 0 unspecified atom stereocenters. The molecule has 0 amide bonds. The number of nitrogens with two attached hydrogens (primary N) is 1. The molecule has 0 aliphatic rings. The fourth-order valence-corrected chi connectivity index (χ4v) is 0.778. The lowest BCUT2D eigenvalue weighted by atomic mass is 10.3. The standard InChI is InChI=1S/C9H14Cl2.C4H10.CH5N/c1-3-4-5-6-7-9(11)8(2)10;1-3-4-2;1-2/h5-6H,3-4,7H2,1-2H3;3-4H2,1-2H3;2H2,1H3/b6-5-,9-8-;;. The zero-order valence-electron chi connectivity index (χ0n) is 12.0. The molecule has 3 heteroatoms. The van der Waals surface area contributed by atoms with Crippen LogP contribution in [-0.2, 0) is 0 Å². The Labute approximate surface area is 118 Å². The zero-order chi connectivity index (χ0) is 14.1. The van der Waals surface area contributed by atoms with E-state index in [1.807, 2.05) is 0 Å². The van der Waals surface area contributed by atoms with Gasteiger partial charge in [0, 0.05) is 16.5 Å². The van der Waals surface area contributed by atoms with Crippen LogP contribution in [0.25, 0.3) is 0 Å². The van der Waals surface area contributed by atoms with E-state index in [-0.39, 0.29) is 0 Å². The summed E-state index contributed by atoms with van der Waals surface area (Å²) in [6.07, 6.45) is 9.88. The molecule has 0 bridgehead atoms. The van der Waals surface area contributed by atoms with Crippen molar-refractivity contribution in [3.63, 3.8) is 0 Å². The van der Waals surface area contributed by atoms with E-state index in [9.17, 15) is 0 Å². The number of hydrogen-bond acceptors (Lipinski definition) is 1. The average Bonchev–Trinajstić information content (AvgIpc) is 2.37. The second kappa shape index (κ2) is 21.3. The van der Waals surface area contributed by atoms with E-state index in [4.69, 9.17) is 23.2 Å². The summed E-state index contributed by atoms with van der Waals surface area (Å²) in [4.78, 5) is 0. The van der Waals surface area contributed by atoms with E-state index in [1.54, 1.807) is 6.92 Å². The maximum atomic E-state index is 5.79. The number of hydrogen-bond donors (Lipinski definition) is 1. The van der Waals surface area contributed by atoms with Crippen molar-refractivity contribution >= 4 is 23.2 Å². The molecule has 0 fully saturated rings. The van der Waals surface area contributed by atoms with Crippen molar-refractivity contribution in [2.45, 2.75) is 59.8 Å². The summed E-state index contributed by atoms with van der Waals surface area (Å²) in [6, 6.07) is 0. The summed E-state index contributed by atoms with van der Waals surface area (Å²) in [6.45, 7) is 8.31. The Morgan fingerprint density at radius 2 is 1.41 bits per heavy atom. The van der Waals surface area contributed by atoms with Gasteiger partial charge in [0.05, 0.1) is 0 Å². The van der Waals surface area contributed by atoms with Gasteiger partial charge in [-0.3, -0.25) is 0 Å². The van der Waals surface area contributed by atoms with Gasteiger partial charge < -0.3 is 5.73 Å². The predicted octanol–water partition coefficient (Wildman–Crippen LogP) is 5.82. The molecule has 0 saturated heterocycles. The molecule has 104 valence electrons. The van der Waals surface area contributed by atoms with Crippen LogP contribution in [0.5, 0.6) is 0 Å². The molecule has 0 rings (SSSR count). The molecule has 0 aromatic carbocycles. The molecule has 0 aromatic heterocycles. The van der Waals surface area contributed by atoms with Crippen molar-refractivity contribution < 1.29 is 0 Å². The minimum absolute atomic E-state index is 0.688. The summed E-state index contributed by atoms with van der Waals surface area (Å²) in [5.74, 6) is 0. The van der Waals surface area contributed by atoms with Crippen LogP contribution in [0.3, 0.4) is 0 Å². The topological polar surface area (TPSA) is 26.0 Å².